The van der Waals surface area contributed by atoms with Gasteiger partial charge in [0.1, 0.15) is 28.6 Å². The van der Waals surface area contributed by atoms with Crippen LogP contribution in [0.2, 0.25) is 0 Å². The Morgan fingerprint density at radius 1 is 0.886 bits per heavy atom. The molecule has 2 aromatic carbocycles. The lowest BCUT2D eigenvalue weighted by Gasteiger charge is -2.31. The second-order valence-corrected chi connectivity index (χ2v) is 8.71. The number of rotatable bonds is 14. The van der Waals surface area contributed by atoms with Crippen molar-refractivity contribution < 1.29 is 23.7 Å². The molecule has 0 aromatic heterocycles. The molecule has 8 heteroatoms. The topological polar surface area (TPSA) is 95.6 Å². The number of methoxy groups -OCH3 is 2. The van der Waals surface area contributed by atoms with Crippen LogP contribution in [0.1, 0.15) is 62.9 Å². The maximum absolute atomic E-state index is 13.3. The van der Waals surface area contributed by atoms with Gasteiger partial charge in [0.2, 0.25) is 0 Å². The average molecular weight is 486 g/mol. The zero-order chi connectivity index (χ0) is 25.8. The molecule has 0 heterocycles. The quantitative estimate of drug-likeness (QED) is 0.177. The van der Waals surface area contributed by atoms with Crippen molar-refractivity contribution in [1.29, 1.82) is 0 Å². The standard InChI is InChI=1S/C27H39N3O5/c1-19(2)30(20(3)4)27(31)26-24(32-5)16-23(17-25(26)33-6)35-15-9-7-8-14-34-22-12-10-21(11-13-22)18-29-28/h10-13,16-20H,7-9,14-15,28H2,1-6H3. The van der Waals surface area contributed by atoms with Gasteiger partial charge < -0.3 is 29.7 Å². The minimum Gasteiger partial charge on any atom is -0.496 e. The summed E-state index contributed by atoms with van der Waals surface area (Å²) in [5.41, 5.74) is 1.34. The Morgan fingerprint density at radius 3 is 1.86 bits per heavy atom. The Labute approximate surface area is 209 Å². The van der Waals surface area contributed by atoms with Gasteiger partial charge in [0.05, 0.1) is 33.6 Å². The van der Waals surface area contributed by atoms with Gasteiger partial charge in [0, 0.05) is 24.2 Å². The Hall–Kier alpha value is -3.42. The maximum Gasteiger partial charge on any atom is 0.261 e. The van der Waals surface area contributed by atoms with Gasteiger partial charge in [0.15, 0.2) is 0 Å². The molecule has 2 rings (SSSR count). The Bertz CT molecular complexity index is 925. The molecule has 0 aliphatic heterocycles. The fraction of sp³-hybridized carbons (Fsp3) is 0.481. The number of nitrogens with zero attached hydrogens (tertiary/aromatic N) is 2. The number of unbranched alkanes of at least 4 members (excludes halogenated alkanes) is 2. The van der Waals surface area contributed by atoms with Crippen molar-refractivity contribution in [3.05, 3.63) is 47.5 Å². The number of benzene rings is 2. The normalized spacial score (nSPS) is 11.2. The summed E-state index contributed by atoms with van der Waals surface area (Å²) < 4.78 is 22.8. The largest absolute Gasteiger partial charge is 0.496 e. The lowest BCUT2D eigenvalue weighted by Crippen LogP contribution is -2.42. The van der Waals surface area contributed by atoms with Crippen LogP contribution >= 0.6 is 0 Å². The van der Waals surface area contributed by atoms with Crippen LogP contribution in [-0.4, -0.2) is 56.5 Å². The van der Waals surface area contributed by atoms with Crippen molar-refractivity contribution in [2.75, 3.05) is 27.4 Å². The van der Waals surface area contributed by atoms with Crippen LogP contribution in [0, 0.1) is 0 Å². The van der Waals surface area contributed by atoms with Crippen LogP contribution in [0.15, 0.2) is 41.5 Å². The van der Waals surface area contributed by atoms with E-state index in [4.69, 9.17) is 24.8 Å². The molecule has 0 fully saturated rings. The molecular weight excluding hydrogens is 446 g/mol. The van der Waals surface area contributed by atoms with Crippen LogP contribution in [0.5, 0.6) is 23.0 Å². The molecule has 0 spiro atoms. The van der Waals surface area contributed by atoms with E-state index >= 15 is 0 Å². The third-order valence-corrected chi connectivity index (χ3v) is 5.47. The first kappa shape index (κ1) is 27.8. The van der Waals surface area contributed by atoms with E-state index in [0.717, 1.165) is 30.6 Å². The first-order valence-electron chi connectivity index (χ1n) is 12.0. The smallest absolute Gasteiger partial charge is 0.261 e. The molecule has 0 unspecified atom stereocenters. The molecule has 0 saturated heterocycles. The van der Waals surface area contributed by atoms with Crippen LogP contribution in [-0.2, 0) is 0 Å². The summed E-state index contributed by atoms with van der Waals surface area (Å²) in [7, 11) is 3.09. The summed E-state index contributed by atoms with van der Waals surface area (Å²) in [6, 6.07) is 11.2. The highest BCUT2D eigenvalue weighted by Crippen LogP contribution is 2.36. The van der Waals surface area contributed by atoms with Crippen LogP contribution < -0.4 is 24.8 Å². The zero-order valence-electron chi connectivity index (χ0n) is 21.7. The number of amides is 1. The molecule has 0 saturated carbocycles. The minimum absolute atomic E-state index is 0.0433. The molecule has 1 amide bonds. The summed E-state index contributed by atoms with van der Waals surface area (Å²) in [4.78, 5) is 15.1. The zero-order valence-corrected chi connectivity index (χ0v) is 21.7. The van der Waals surface area contributed by atoms with Gasteiger partial charge in [-0.3, -0.25) is 4.79 Å². The lowest BCUT2D eigenvalue weighted by atomic mass is 10.1. The van der Waals surface area contributed by atoms with Gasteiger partial charge in [-0.25, -0.2) is 0 Å². The highest BCUT2D eigenvalue weighted by atomic mass is 16.5. The van der Waals surface area contributed by atoms with Gasteiger partial charge in [-0.05, 0) is 76.8 Å². The minimum atomic E-state index is -0.127. The summed E-state index contributed by atoms with van der Waals surface area (Å²) in [6.07, 6.45) is 4.33. The van der Waals surface area contributed by atoms with E-state index in [1.54, 1.807) is 32.6 Å². The van der Waals surface area contributed by atoms with Crippen LogP contribution in [0.25, 0.3) is 0 Å². The molecule has 8 nitrogen and oxygen atoms in total. The second kappa shape index (κ2) is 14.1. The number of ether oxygens (including phenoxy) is 4. The highest BCUT2D eigenvalue weighted by molar-refractivity contribution is 6.00. The Kier molecular flexibility index (Phi) is 11.2. The van der Waals surface area contributed by atoms with Crippen molar-refractivity contribution >= 4 is 12.1 Å². The molecule has 0 aliphatic carbocycles. The molecule has 2 N–H and O–H groups in total. The number of nitrogens with two attached hydrogens (primary N) is 1. The van der Waals surface area contributed by atoms with Crippen molar-refractivity contribution in [3.8, 4) is 23.0 Å². The maximum atomic E-state index is 13.3. The molecule has 192 valence electrons. The Balaban J connectivity index is 1.89. The van der Waals surface area contributed by atoms with E-state index in [9.17, 15) is 4.79 Å². The fourth-order valence-electron chi connectivity index (χ4n) is 3.87. The van der Waals surface area contributed by atoms with Gasteiger partial charge in [-0.1, -0.05) is 0 Å². The highest BCUT2D eigenvalue weighted by Gasteiger charge is 2.28. The number of hydrogen-bond acceptors (Lipinski definition) is 7. The van der Waals surface area contributed by atoms with Crippen molar-refractivity contribution in [3.63, 3.8) is 0 Å². The fourth-order valence-corrected chi connectivity index (χ4v) is 3.87. The number of hydrogen-bond donors (Lipinski definition) is 1. The SMILES string of the molecule is COc1cc(OCCCCCOc2ccc(C=NN)cc2)cc(OC)c1C(=O)N(C(C)C)C(C)C. The first-order chi connectivity index (χ1) is 16.8. The van der Waals surface area contributed by atoms with E-state index < -0.39 is 0 Å². The number of hydrazone groups is 1. The van der Waals surface area contributed by atoms with E-state index in [1.165, 1.54) is 0 Å². The third kappa shape index (κ3) is 8.09. The van der Waals surface area contributed by atoms with Gasteiger partial charge in [-0.15, -0.1) is 0 Å². The predicted molar refractivity (Wildman–Crippen MR) is 139 cm³/mol. The summed E-state index contributed by atoms with van der Waals surface area (Å²) in [5, 5.41) is 3.50. The van der Waals surface area contributed by atoms with E-state index in [0.29, 0.717) is 36.0 Å². The predicted octanol–water partition coefficient (Wildman–Crippen LogP) is 4.88. The van der Waals surface area contributed by atoms with E-state index in [-0.39, 0.29) is 18.0 Å². The summed E-state index contributed by atoms with van der Waals surface area (Å²) in [6.45, 7) is 9.14. The molecular formula is C27H39N3O5. The van der Waals surface area contributed by atoms with Crippen LogP contribution in [0.4, 0.5) is 0 Å². The van der Waals surface area contributed by atoms with Crippen molar-refractivity contribution in [1.82, 2.24) is 4.90 Å². The second-order valence-electron chi connectivity index (χ2n) is 8.71. The Morgan fingerprint density at radius 2 is 1.40 bits per heavy atom. The number of carbonyl (C=O) groups excluding carboxylic acids is 1. The van der Waals surface area contributed by atoms with Crippen molar-refractivity contribution in [2.24, 2.45) is 10.9 Å². The summed E-state index contributed by atoms with van der Waals surface area (Å²) >= 11 is 0. The van der Waals surface area contributed by atoms with Crippen molar-refractivity contribution in [2.45, 2.75) is 59.0 Å². The molecule has 0 atom stereocenters. The van der Waals surface area contributed by atoms with E-state index in [2.05, 4.69) is 5.10 Å². The van der Waals surface area contributed by atoms with Gasteiger partial charge >= 0.3 is 0 Å². The third-order valence-electron chi connectivity index (χ3n) is 5.47. The molecule has 0 aliphatic rings. The molecule has 35 heavy (non-hydrogen) atoms. The molecule has 0 radical (unpaired) electrons. The van der Waals surface area contributed by atoms with Crippen LogP contribution in [0.3, 0.4) is 0 Å². The number of carbonyl (C=O) groups is 1. The van der Waals surface area contributed by atoms with E-state index in [1.807, 2.05) is 56.9 Å². The molecule has 0 bridgehead atoms. The van der Waals surface area contributed by atoms with Gasteiger partial charge in [-0.2, -0.15) is 5.10 Å². The average Bonchev–Trinajstić information content (AvgIpc) is 2.83. The monoisotopic (exact) mass is 485 g/mol. The lowest BCUT2D eigenvalue weighted by molar-refractivity contribution is 0.0636. The molecule has 2 aromatic rings. The van der Waals surface area contributed by atoms with Gasteiger partial charge in [0.25, 0.3) is 5.91 Å². The summed E-state index contributed by atoms with van der Waals surface area (Å²) in [5.74, 6) is 7.32. The first-order valence-corrected chi connectivity index (χ1v) is 12.0.